The van der Waals surface area contributed by atoms with E-state index in [9.17, 15) is 0 Å². The second-order valence-corrected chi connectivity index (χ2v) is 18.3. The second-order valence-electron chi connectivity index (χ2n) is 8.91. The van der Waals surface area contributed by atoms with Gasteiger partial charge >= 0.3 is 39.5 Å². The molecule has 2 atom stereocenters. The maximum atomic E-state index is 6.17. The molecule has 0 amide bonds. The molecule has 0 fully saturated rings. The fourth-order valence-corrected chi connectivity index (χ4v) is 4.46. The molecule has 2 aliphatic heterocycles. The number of nitrogens with zero attached hydrogens (tertiary/aromatic N) is 2. The molecule has 0 aliphatic carbocycles. The SMILES string of the molecule is CC(C)(C)C1CN=C([Si](C)(C)C2=NCC(C(C)(C)C)O2)O1.[Br][Co][Br]. The van der Waals surface area contributed by atoms with Gasteiger partial charge in [0.15, 0.2) is 11.0 Å². The van der Waals surface area contributed by atoms with Crippen LogP contribution in [0.2, 0.25) is 13.1 Å². The van der Waals surface area contributed by atoms with E-state index in [-0.39, 0.29) is 23.0 Å². The van der Waals surface area contributed by atoms with Crippen LogP contribution in [0.15, 0.2) is 9.98 Å². The van der Waals surface area contributed by atoms with Crippen LogP contribution in [0.5, 0.6) is 0 Å². The minimum atomic E-state index is -2.02. The molecule has 2 rings (SSSR count). The summed E-state index contributed by atoms with van der Waals surface area (Å²) >= 11 is 7.12. The van der Waals surface area contributed by atoms with E-state index >= 15 is 0 Å². The first kappa shape index (κ1) is 22.7. The average Bonchev–Trinajstić information content (AvgIpc) is 3.08. The van der Waals surface area contributed by atoms with Crippen LogP contribution in [0.1, 0.15) is 41.5 Å². The molecule has 0 bridgehead atoms. The van der Waals surface area contributed by atoms with Gasteiger partial charge in [-0.3, -0.25) is 9.98 Å². The molecule has 0 aromatic carbocycles. The molecule has 0 N–H and O–H groups in total. The van der Waals surface area contributed by atoms with E-state index in [0.29, 0.717) is 0 Å². The Labute approximate surface area is 168 Å². The monoisotopic (exact) mass is 527 g/mol. The Bertz CT molecular complexity index is 457. The van der Waals surface area contributed by atoms with Gasteiger partial charge in [-0.25, -0.2) is 0 Å². The molecule has 2 unspecified atom stereocenters. The molecule has 143 valence electrons. The zero-order valence-electron chi connectivity index (χ0n) is 15.9. The summed E-state index contributed by atoms with van der Waals surface area (Å²) in [5.74, 6) is 0. The van der Waals surface area contributed by atoms with Crippen molar-refractivity contribution >= 4 is 47.5 Å². The molecule has 0 radical (unpaired) electrons. The van der Waals surface area contributed by atoms with Gasteiger partial charge in [0.25, 0.3) is 0 Å². The van der Waals surface area contributed by atoms with E-state index in [1.807, 2.05) is 0 Å². The molecule has 0 saturated carbocycles. The third kappa shape index (κ3) is 5.82. The Balaban J connectivity index is 0.000000891. The summed E-state index contributed by atoms with van der Waals surface area (Å²) in [5.41, 5.74) is 2.02. The first-order valence-corrected chi connectivity index (χ1v) is 16.3. The molecule has 2 aliphatic rings. The molecule has 2 heterocycles. The van der Waals surface area contributed by atoms with E-state index in [4.69, 9.17) is 9.47 Å². The number of hydrogen-bond acceptors (Lipinski definition) is 4. The van der Waals surface area contributed by atoms with Gasteiger partial charge in [-0.15, -0.1) is 0 Å². The predicted octanol–water partition coefficient (Wildman–Crippen LogP) is 5.15. The van der Waals surface area contributed by atoms with Crippen LogP contribution in [-0.2, 0) is 20.6 Å². The van der Waals surface area contributed by atoms with Crippen molar-refractivity contribution in [3.8, 4) is 0 Å². The van der Waals surface area contributed by atoms with Crippen LogP contribution in [0, 0.1) is 10.8 Å². The predicted molar refractivity (Wildman–Crippen MR) is 109 cm³/mol. The topological polar surface area (TPSA) is 43.2 Å². The van der Waals surface area contributed by atoms with Crippen LogP contribution in [-0.4, -0.2) is 44.4 Å². The third-order valence-corrected chi connectivity index (χ3v) is 7.00. The van der Waals surface area contributed by atoms with Gasteiger partial charge in [-0.05, 0) is 0 Å². The quantitative estimate of drug-likeness (QED) is 0.465. The van der Waals surface area contributed by atoms with Gasteiger partial charge in [-0.1, -0.05) is 54.6 Å². The standard InChI is InChI=1S/C16H30N2O2Si.2BrH.Co/c1-15(2,3)11-9-17-13(19-11)21(7,8)14-18-10-12(20-14)16(4,5)6;;;/h11-12H,9-10H2,1-8H3;2*1H;/q;;;+2/p-2. The van der Waals surface area contributed by atoms with E-state index in [1.54, 1.807) is 0 Å². The zero-order valence-corrected chi connectivity index (χ0v) is 21.1. The Hall–Kier alpha value is 0.623. The van der Waals surface area contributed by atoms with Crippen molar-refractivity contribution in [1.29, 1.82) is 0 Å². The number of ether oxygens (including phenoxy) is 2. The average molecular weight is 529 g/mol. The van der Waals surface area contributed by atoms with Crippen molar-refractivity contribution in [1.82, 2.24) is 0 Å². The molecular formula is C16H30Br2CoN2O2Si. The van der Waals surface area contributed by atoms with Crippen molar-refractivity contribution in [2.75, 3.05) is 13.1 Å². The van der Waals surface area contributed by atoms with Gasteiger partial charge in [0.05, 0.1) is 13.1 Å². The molecule has 0 aromatic heterocycles. The molecule has 0 aromatic rings. The Morgan fingerprint density at radius 3 is 1.38 bits per heavy atom. The second kappa shape index (κ2) is 8.54. The van der Waals surface area contributed by atoms with Crippen LogP contribution in [0.4, 0.5) is 0 Å². The Morgan fingerprint density at radius 2 is 1.17 bits per heavy atom. The molecule has 24 heavy (non-hydrogen) atoms. The van der Waals surface area contributed by atoms with Crippen molar-refractivity contribution < 1.29 is 20.6 Å². The summed E-state index contributed by atoms with van der Waals surface area (Å²) in [7, 11) is -2.02. The van der Waals surface area contributed by atoms with E-state index < -0.39 is 8.07 Å². The molecule has 0 spiro atoms. The fourth-order valence-electron chi connectivity index (χ4n) is 2.43. The summed E-state index contributed by atoms with van der Waals surface area (Å²) < 4.78 is 12.3. The van der Waals surface area contributed by atoms with Crippen LogP contribution in [0.25, 0.3) is 0 Å². The number of rotatable bonds is 2. The van der Waals surface area contributed by atoms with E-state index in [1.165, 1.54) is 0 Å². The van der Waals surface area contributed by atoms with Gasteiger partial charge in [0, 0.05) is 10.8 Å². The van der Waals surface area contributed by atoms with Gasteiger partial charge in [0.1, 0.15) is 12.2 Å². The summed E-state index contributed by atoms with van der Waals surface area (Å²) in [6.07, 6.45) is 0.333. The van der Waals surface area contributed by atoms with Crippen LogP contribution < -0.4 is 0 Å². The first-order valence-electron chi connectivity index (χ1n) is 8.11. The minimum absolute atomic E-state index is 0.113. The number of hydrogen-bond donors (Lipinski definition) is 0. The Kier molecular flexibility index (Phi) is 8.07. The maximum absolute atomic E-state index is 6.17. The summed E-state index contributed by atoms with van der Waals surface area (Å²) in [5, 5.41) is 0. The summed E-state index contributed by atoms with van der Waals surface area (Å²) in [4.78, 5) is 9.36. The van der Waals surface area contributed by atoms with Gasteiger partial charge in [0.2, 0.25) is 8.07 Å². The van der Waals surface area contributed by atoms with E-state index in [0.717, 1.165) is 35.2 Å². The normalized spacial score (nSPS) is 24.6. The van der Waals surface area contributed by atoms with Crippen molar-refractivity contribution in [2.24, 2.45) is 20.8 Å². The first-order chi connectivity index (χ1) is 10.8. The van der Waals surface area contributed by atoms with E-state index in [2.05, 4.69) is 93.0 Å². The van der Waals surface area contributed by atoms with Crippen molar-refractivity contribution in [3.05, 3.63) is 0 Å². The van der Waals surface area contributed by atoms with Crippen molar-refractivity contribution in [2.45, 2.75) is 66.8 Å². The zero-order chi connectivity index (χ0) is 18.8. The molecular weight excluding hydrogens is 499 g/mol. The fraction of sp³-hybridized carbons (Fsp3) is 0.875. The van der Waals surface area contributed by atoms with Gasteiger partial charge < -0.3 is 9.47 Å². The third-order valence-electron chi connectivity index (χ3n) is 4.31. The van der Waals surface area contributed by atoms with Crippen molar-refractivity contribution in [3.63, 3.8) is 0 Å². The number of halogens is 2. The Morgan fingerprint density at radius 1 is 0.875 bits per heavy atom. The number of aliphatic imine (C=N–C) groups is 2. The van der Waals surface area contributed by atoms with Crippen LogP contribution in [0.3, 0.4) is 0 Å². The summed E-state index contributed by atoms with van der Waals surface area (Å²) in [6, 6.07) is 0. The summed E-state index contributed by atoms with van der Waals surface area (Å²) in [6.45, 7) is 19.1. The van der Waals surface area contributed by atoms with Crippen LogP contribution >= 0.6 is 28.3 Å². The molecule has 4 nitrogen and oxygen atoms in total. The van der Waals surface area contributed by atoms with Gasteiger partial charge in [-0.2, -0.15) is 0 Å². The molecule has 0 saturated heterocycles. The molecule has 8 heteroatoms.